The van der Waals surface area contributed by atoms with Crippen molar-refractivity contribution in [3.8, 4) is 0 Å². The summed E-state index contributed by atoms with van der Waals surface area (Å²) in [5.74, 6) is -1.42. The van der Waals surface area contributed by atoms with Crippen molar-refractivity contribution in [3.05, 3.63) is 34.9 Å². The lowest BCUT2D eigenvalue weighted by Gasteiger charge is -2.01. The highest BCUT2D eigenvalue weighted by Crippen LogP contribution is 2.15. The van der Waals surface area contributed by atoms with Crippen LogP contribution in [0.2, 0.25) is 0 Å². The molecule has 74 valence electrons. The van der Waals surface area contributed by atoms with Crippen LogP contribution >= 0.6 is 0 Å². The van der Waals surface area contributed by atoms with Crippen molar-refractivity contribution >= 4 is 0 Å². The predicted octanol–water partition coefficient (Wildman–Crippen LogP) is 3.86. The summed E-state index contributed by atoms with van der Waals surface area (Å²) >= 11 is 0. The molecular formula is C11H16F2. The summed E-state index contributed by atoms with van der Waals surface area (Å²) in [5, 5.41) is 0. The topological polar surface area (TPSA) is 0 Å². The molecule has 0 aliphatic rings. The first-order valence-electron chi connectivity index (χ1n) is 4.60. The molecule has 0 nitrogen and oxygen atoms in total. The lowest BCUT2D eigenvalue weighted by atomic mass is 10.1. The van der Waals surface area contributed by atoms with E-state index in [0.717, 1.165) is 0 Å². The molecule has 0 spiro atoms. The SMILES string of the molecule is CC.CCc1ccc(C)c(F)c1F. The summed E-state index contributed by atoms with van der Waals surface area (Å²) in [7, 11) is 0. The zero-order valence-electron chi connectivity index (χ0n) is 8.62. The lowest BCUT2D eigenvalue weighted by Crippen LogP contribution is -1.94. The molecule has 13 heavy (non-hydrogen) atoms. The average Bonchev–Trinajstić information content (AvgIpc) is 2.18. The van der Waals surface area contributed by atoms with Crippen LogP contribution in [0.3, 0.4) is 0 Å². The first-order valence-corrected chi connectivity index (χ1v) is 4.60. The van der Waals surface area contributed by atoms with Gasteiger partial charge in [0, 0.05) is 0 Å². The molecule has 0 heterocycles. The molecule has 0 saturated heterocycles. The zero-order valence-corrected chi connectivity index (χ0v) is 8.62. The smallest absolute Gasteiger partial charge is 0.162 e. The fraction of sp³-hybridized carbons (Fsp3) is 0.455. The van der Waals surface area contributed by atoms with E-state index >= 15 is 0 Å². The minimum absolute atomic E-state index is 0.361. The molecule has 2 heteroatoms. The third kappa shape index (κ3) is 2.79. The van der Waals surface area contributed by atoms with Gasteiger partial charge in [-0.25, -0.2) is 8.78 Å². The Morgan fingerprint density at radius 2 is 1.62 bits per heavy atom. The normalized spacial score (nSPS) is 9.08. The maximum absolute atomic E-state index is 12.9. The monoisotopic (exact) mass is 186 g/mol. The molecule has 1 aromatic carbocycles. The van der Waals surface area contributed by atoms with E-state index < -0.39 is 11.6 Å². The zero-order chi connectivity index (χ0) is 10.4. The Hall–Kier alpha value is -0.920. The summed E-state index contributed by atoms with van der Waals surface area (Å²) in [4.78, 5) is 0. The van der Waals surface area contributed by atoms with E-state index in [1.165, 1.54) is 0 Å². The molecule has 0 aromatic heterocycles. The second-order valence-electron chi connectivity index (χ2n) is 2.52. The van der Waals surface area contributed by atoms with Crippen LogP contribution in [0.15, 0.2) is 12.1 Å². The average molecular weight is 186 g/mol. The van der Waals surface area contributed by atoms with Crippen molar-refractivity contribution in [1.29, 1.82) is 0 Å². The molecule has 0 bridgehead atoms. The van der Waals surface area contributed by atoms with E-state index in [1.807, 2.05) is 13.8 Å². The van der Waals surface area contributed by atoms with Gasteiger partial charge in [-0.2, -0.15) is 0 Å². The van der Waals surface area contributed by atoms with Gasteiger partial charge in [-0.05, 0) is 24.5 Å². The third-order valence-electron chi connectivity index (χ3n) is 1.74. The molecule has 0 N–H and O–H groups in total. The van der Waals surface area contributed by atoms with Crippen molar-refractivity contribution in [2.24, 2.45) is 0 Å². The maximum atomic E-state index is 12.9. The molecular weight excluding hydrogens is 170 g/mol. The Morgan fingerprint density at radius 1 is 1.08 bits per heavy atom. The molecule has 1 aromatic rings. The second kappa shape index (κ2) is 5.68. The van der Waals surface area contributed by atoms with Gasteiger partial charge >= 0.3 is 0 Å². The quantitative estimate of drug-likeness (QED) is 0.624. The van der Waals surface area contributed by atoms with Gasteiger partial charge in [0.2, 0.25) is 0 Å². The Kier molecular flexibility index (Phi) is 5.28. The van der Waals surface area contributed by atoms with E-state index in [2.05, 4.69) is 0 Å². The van der Waals surface area contributed by atoms with Crippen molar-refractivity contribution in [2.45, 2.75) is 34.1 Å². The molecule has 0 aliphatic carbocycles. The van der Waals surface area contributed by atoms with Gasteiger partial charge < -0.3 is 0 Å². The number of hydrogen-bond acceptors (Lipinski definition) is 0. The van der Waals surface area contributed by atoms with Gasteiger partial charge in [0.15, 0.2) is 11.6 Å². The summed E-state index contributed by atoms with van der Waals surface area (Å²) in [6.07, 6.45) is 0.531. The van der Waals surface area contributed by atoms with E-state index in [-0.39, 0.29) is 0 Å². The van der Waals surface area contributed by atoms with E-state index in [1.54, 1.807) is 26.0 Å². The molecule has 0 aliphatic heterocycles. The number of halogens is 2. The Bertz CT molecular complexity index is 267. The molecule has 1 rings (SSSR count). The van der Waals surface area contributed by atoms with Gasteiger partial charge in [0.25, 0.3) is 0 Å². The Morgan fingerprint density at radius 3 is 2.08 bits per heavy atom. The Labute approximate surface area is 78.6 Å². The van der Waals surface area contributed by atoms with Crippen LogP contribution in [0.25, 0.3) is 0 Å². The largest absolute Gasteiger partial charge is 0.203 e. The summed E-state index contributed by atoms with van der Waals surface area (Å²) in [5.41, 5.74) is 0.799. The number of rotatable bonds is 1. The van der Waals surface area contributed by atoms with Crippen LogP contribution in [0.4, 0.5) is 8.78 Å². The van der Waals surface area contributed by atoms with E-state index in [9.17, 15) is 8.78 Å². The molecule has 0 amide bonds. The van der Waals surface area contributed by atoms with Crippen LogP contribution in [0.1, 0.15) is 31.9 Å². The van der Waals surface area contributed by atoms with Gasteiger partial charge in [-0.15, -0.1) is 0 Å². The van der Waals surface area contributed by atoms with Crippen molar-refractivity contribution in [1.82, 2.24) is 0 Å². The van der Waals surface area contributed by atoms with Gasteiger partial charge in [0.1, 0.15) is 0 Å². The minimum atomic E-state index is -0.718. The van der Waals surface area contributed by atoms with Crippen molar-refractivity contribution in [2.75, 3.05) is 0 Å². The fourth-order valence-electron chi connectivity index (χ4n) is 0.959. The first kappa shape index (κ1) is 12.1. The molecule has 0 fully saturated rings. The van der Waals surface area contributed by atoms with Gasteiger partial charge in [-0.1, -0.05) is 32.9 Å². The molecule has 0 radical (unpaired) electrons. The van der Waals surface area contributed by atoms with Crippen LogP contribution < -0.4 is 0 Å². The fourth-order valence-corrected chi connectivity index (χ4v) is 0.959. The van der Waals surface area contributed by atoms with E-state index in [0.29, 0.717) is 17.5 Å². The molecule has 0 unspecified atom stereocenters. The summed E-state index contributed by atoms with van der Waals surface area (Å²) < 4.78 is 25.7. The molecule has 0 atom stereocenters. The highest BCUT2D eigenvalue weighted by molar-refractivity contribution is 5.25. The van der Waals surface area contributed by atoms with Crippen LogP contribution in [0.5, 0.6) is 0 Å². The van der Waals surface area contributed by atoms with Crippen LogP contribution in [-0.2, 0) is 6.42 Å². The first-order chi connectivity index (χ1) is 6.16. The minimum Gasteiger partial charge on any atom is -0.203 e. The van der Waals surface area contributed by atoms with Gasteiger partial charge in [-0.3, -0.25) is 0 Å². The predicted molar refractivity (Wildman–Crippen MR) is 51.8 cm³/mol. The van der Waals surface area contributed by atoms with E-state index in [4.69, 9.17) is 0 Å². The van der Waals surface area contributed by atoms with Crippen LogP contribution in [0, 0.1) is 18.6 Å². The van der Waals surface area contributed by atoms with Crippen molar-refractivity contribution < 1.29 is 8.78 Å². The maximum Gasteiger partial charge on any atom is 0.162 e. The summed E-state index contributed by atoms with van der Waals surface area (Å²) in [6.45, 7) is 7.35. The molecule has 0 saturated carbocycles. The number of aryl methyl sites for hydroxylation is 2. The summed E-state index contributed by atoms with van der Waals surface area (Å²) in [6, 6.07) is 3.21. The highest BCUT2D eigenvalue weighted by Gasteiger charge is 2.08. The standard InChI is InChI=1S/C9H10F2.C2H6/c1-3-7-5-4-6(2)8(10)9(7)11;1-2/h4-5H,3H2,1-2H3;1-2H3. The highest BCUT2D eigenvalue weighted by atomic mass is 19.2. The van der Waals surface area contributed by atoms with Crippen LogP contribution in [-0.4, -0.2) is 0 Å². The Balaban J connectivity index is 0.000000671. The number of hydrogen-bond donors (Lipinski definition) is 0. The number of benzene rings is 1. The third-order valence-corrected chi connectivity index (χ3v) is 1.74. The van der Waals surface area contributed by atoms with Gasteiger partial charge in [0.05, 0.1) is 0 Å². The lowest BCUT2D eigenvalue weighted by molar-refractivity contribution is 0.494. The second-order valence-corrected chi connectivity index (χ2v) is 2.52. The van der Waals surface area contributed by atoms with Crippen molar-refractivity contribution in [3.63, 3.8) is 0 Å².